The molecule has 1 saturated carbocycles. The van der Waals surface area contributed by atoms with Crippen molar-refractivity contribution >= 4 is 5.82 Å². The monoisotopic (exact) mass is 230 g/mol. The van der Waals surface area contributed by atoms with E-state index in [0.29, 0.717) is 5.69 Å². The highest BCUT2D eigenvalue weighted by Crippen LogP contribution is 2.27. The molecule has 4 heteroatoms. The Labute approximate surface area is 102 Å². The number of anilines is 1. The quantitative estimate of drug-likeness (QED) is 0.796. The number of rotatable bonds is 4. The molecule has 0 spiro atoms. The molecule has 1 heterocycles. The van der Waals surface area contributed by atoms with Gasteiger partial charge >= 0.3 is 0 Å². The number of aromatic nitrogens is 2. The van der Waals surface area contributed by atoms with Crippen LogP contribution in [0.5, 0.6) is 0 Å². The molecule has 0 N–H and O–H groups in total. The standard InChI is InChI=1S/C13H18N4/c1-17(7-6-11-4-2-3-5-11)13-8-12(9-14)15-10-16-13/h8,10-11H,2-7H2,1H3. The van der Waals surface area contributed by atoms with Crippen LogP contribution in [0.3, 0.4) is 0 Å². The average Bonchev–Trinajstić information content (AvgIpc) is 2.89. The van der Waals surface area contributed by atoms with Gasteiger partial charge in [-0.1, -0.05) is 25.7 Å². The van der Waals surface area contributed by atoms with Crippen LogP contribution in [-0.2, 0) is 0 Å². The fourth-order valence-electron chi connectivity index (χ4n) is 2.41. The van der Waals surface area contributed by atoms with Crippen molar-refractivity contribution in [3.05, 3.63) is 18.1 Å². The molecule has 17 heavy (non-hydrogen) atoms. The van der Waals surface area contributed by atoms with E-state index in [4.69, 9.17) is 5.26 Å². The molecule has 1 aromatic rings. The normalized spacial score (nSPS) is 15.8. The molecule has 0 saturated heterocycles. The van der Waals surface area contributed by atoms with Crippen molar-refractivity contribution in [2.45, 2.75) is 32.1 Å². The highest BCUT2D eigenvalue weighted by atomic mass is 15.2. The van der Waals surface area contributed by atoms with E-state index in [1.54, 1.807) is 6.07 Å². The van der Waals surface area contributed by atoms with Crippen molar-refractivity contribution in [1.82, 2.24) is 9.97 Å². The SMILES string of the molecule is CN(CCC1CCCC1)c1cc(C#N)ncn1. The maximum absolute atomic E-state index is 8.79. The van der Waals surface area contributed by atoms with Crippen LogP contribution in [0.25, 0.3) is 0 Å². The second kappa shape index (κ2) is 5.62. The Kier molecular flexibility index (Phi) is 3.92. The first-order valence-corrected chi connectivity index (χ1v) is 6.23. The maximum atomic E-state index is 8.79. The third-order valence-corrected chi connectivity index (χ3v) is 3.51. The number of nitrogens with zero attached hydrogens (tertiary/aromatic N) is 4. The van der Waals surface area contributed by atoms with Crippen LogP contribution in [-0.4, -0.2) is 23.6 Å². The highest BCUT2D eigenvalue weighted by Gasteiger charge is 2.15. The van der Waals surface area contributed by atoms with Crippen molar-refractivity contribution in [1.29, 1.82) is 5.26 Å². The minimum Gasteiger partial charge on any atom is -0.360 e. The second-order valence-corrected chi connectivity index (χ2v) is 4.73. The first kappa shape index (κ1) is 11.8. The predicted octanol–water partition coefficient (Wildman–Crippen LogP) is 2.36. The van der Waals surface area contributed by atoms with Gasteiger partial charge in [0.2, 0.25) is 0 Å². The summed E-state index contributed by atoms with van der Waals surface area (Å²) in [7, 11) is 2.03. The van der Waals surface area contributed by atoms with E-state index in [-0.39, 0.29) is 0 Å². The zero-order valence-electron chi connectivity index (χ0n) is 10.3. The molecule has 0 radical (unpaired) electrons. The number of hydrogen-bond acceptors (Lipinski definition) is 4. The molecular weight excluding hydrogens is 212 g/mol. The predicted molar refractivity (Wildman–Crippen MR) is 66.6 cm³/mol. The molecule has 90 valence electrons. The molecule has 4 nitrogen and oxygen atoms in total. The Bertz CT molecular complexity index is 404. The molecule has 1 aromatic heterocycles. The van der Waals surface area contributed by atoms with Crippen molar-refractivity contribution in [3.8, 4) is 6.07 Å². The maximum Gasteiger partial charge on any atom is 0.145 e. The summed E-state index contributed by atoms with van der Waals surface area (Å²) in [6.07, 6.45) is 8.21. The van der Waals surface area contributed by atoms with Crippen molar-refractivity contribution in [3.63, 3.8) is 0 Å². The van der Waals surface area contributed by atoms with E-state index in [1.165, 1.54) is 38.4 Å². The minimum atomic E-state index is 0.433. The summed E-state index contributed by atoms with van der Waals surface area (Å²) >= 11 is 0. The minimum absolute atomic E-state index is 0.433. The van der Waals surface area contributed by atoms with E-state index in [1.807, 2.05) is 13.1 Å². The Morgan fingerprint density at radius 2 is 2.18 bits per heavy atom. The van der Waals surface area contributed by atoms with E-state index >= 15 is 0 Å². The van der Waals surface area contributed by atoms with Gasteiger partial charge in [0.25, 0.3) is 0 Å². The third-order valence-electron chi connectivity index (χ3n) is 3.51. The van der Waals surface area contributed by atoms with Gasteiger partial charge in [-0.25, -0.2) is 9.97 Å². The largest absolute Gasteiger partial charge is 0.360 e. The molecule has 1 fully saturated rings. The number of nitriles is 1. The summed E-state index contributed by atoms with van der Waals surface area (Å²) in [6.45, 7) is 1.01. The van der Waals surface area contributed by atoms with Gasteiger partial charge in [0.05, 0.1) is 0 Å². The summed E-state index contributed by atoms with van der Waals surface area (Å²) in [4.78, 5) is 10.2. The molecule has 1 aliphatic rings. The van der Waals surface area contributed by atoms with Gasteiger partial charge in [0.15, 0.2) is 0 Å². The molecule has 1 aliphatic carbocycles. The average molecular weight is 230 g/mol. The molecule has 0 unspecified atom stereocenters. The van der Waals surface area contributed by atoms with Crippen LogP contribution in [0.4, 0.5) is 5.82 Å². The van der Waals surface area contributed by atoms with Crippen LogP contribution in [0.1, 0.15) is 37.8 Å². The van der Waals surface area contributed by atoms with E-state index < -0.39 is 0 Å². The Morgan fingerprint density at radius 1 is 1.41 bits per heavy atom. The Hall–Kier alpha value is -1.63. The van der Waals surface area contributed by atoms with Crippen molar-refractivity contribution in [2.75, 3.05) is 18.5 Å². The molecule has 0 amide bonds. The van der Waals surface area contributed by atoms with Crippen molar-refractivity contribution in [2.24, 2.45) is 5.92 Å². The lowest BCUT2D eigenvalue weighted by Crippen LogP contribution is -2.21. The topological polar surface area (TPSA) is 52.8 Å². The van der Waals surface area contributed by atoms with Gasteiger partial charge in [0.1, 0.15) is 23.9 Å². The van der Waals surface area contributed by atoms with Crippen LogP contribution in [0.2, 0.25) is 0 Å². The van der Waals surface area contributed by atoms with Gasteiger partial charge in [-0.2, -0.15) is 5.26 Å². The zero-order valence-corrected chi connectivity index (χ0v) is 10.3. The van der Waals surface area contributed by atoms with Crippen molar-refractivity contribution < 1.29 is 0 Å². The van der Waals surface area contributed by atoms with Crippen LogP contribution in [0.15, 0.2) is 12.4 Å². The molecule has 2 rings (SSSR count). The zero-order chi connectivity index (χ0) is 12.1. The smallest absolute Gasteiger partial charge is 0.145 e. The molecule has 0 bridgehead atoms. The van der Waals surface area contributed by atoms with Gasteiger partial charge in [-0.3, -0.25) is 0 Å². The van der Waals surface area contributed by atoms with Gasteiger partial charge < -0.3 is 4.90 Å². The van der Waals surface area contributed by atoms with E-state index in [2.05, 4.69) is 14.9 Å². The van der Waals surface area contributed by atoms with Crippen LogP contribution < -0.4 is 4.90 Å². The molecule has 0 aromatic carbocycles. The summed E-state index contributed by atoms with van der Waals surface area (Å²) in [5, 5.41) is 8.79. The fraction of sp³-hybridized carbons (Fsp3) is 0.615. The van der Waals surface area contributed by atoms with Gasteiger partial charge in [0, 0.05) is 19.7 Å². The summed E-state index contributed by atoms with van der Waals surface area (Å²) in [6, 6.07) is 3.79. The van der Waals surface area contributed by atoms with Gasteiger partial charge in [-0.05, 0) is 12.3 Å². The first-order valence-electron chi connectivity index (χ1n) is 6.23. The Balaban J connectivity index is 1.89. The first-order chi connectivity index (χ1) is 8.29. The third kappa shape index (κ3) is 3.16. The van der Waals surface area contributed by atoms with Gasteiger partial charge in [-0.15, -0.1) is 0 Å². The van der Waals surface area contributed by atoms with E-state index in [0.717, 1.165) is 18.3 Å². The van der Waals surface area contributed by atoms with Crippen LogP contribution >= 0.6 is 0 Å². The number of hydrogen-bond donors (Lipinski definition) is 0. The van der Waals surface area contributed by atoms with Crippen LogP contribution in [0, 0.1) is 17.2 Å². The summed E-state index contributed by atoms with van der Waals surface area (Å²) in [5.41, 5.74) is 0.433. The highest BCUT2D eigenvalue weighted by molar-refractivity contribution is 5.40. The molecular formula is C13H18N4. The lowest BCUT2D eigenvalue weighted by molar-refractivity contribution is 0.504. The lowest BCUT2D eigenvalue weighted by atomic mass is 10.0. The summed E-state index contributed by atoms with van der Waals surface area (Å²) in [5.74, 6) is 1.73. The van der Waals surface area contributed by atoms with E-state index in [9.17, 15) is 0 Å². The molecule has 0 aliphatic heterocycles. The molecule has 0 atom stereocenters. The second-order valence-electron chi connectivity index (χ2n) is 4.73. The fourth-order valence-corrected chi connectivity index (χ4v) is 2.41. The Morgan fingerprint density at radius 3 is 2.88 bits per heavy atom. The lowest BCUT2D eigenvalue weighted by Gasteiger charge is -2.19. The summed E-state index contributed by atoms with van der Waals surface area (Å²) < 4.78 is 0.